The summed E-state index contributed by atoms with van der Waals surface area (Å²) in [4.78, 5) is 14.6. The lowest BCUT2D eigenvalue weighted by molar-refractivity contribution is -0.132. The van der Waals surface area contributed by atoms with Crippen molar-refractivity contribution in [3.05, 3.63) is 0 Å². The zero-order valence-corrected chi connectivity index (χ0v) is 14.7. The van der Waals surface area contributed by atoms with Crippen molar-refractivity contribution < 1.29 is 4.79 Å². The molecule has 0 heterocycles. The van der Waals surface area contributed by atoms with Crippen molar-refractivity contribution in [3.8, 4) is 0 Å². The van der Waals surface area contributed by atoms with Crippen LogP contribution in [0.4, 0.5) is 0 Å². The maximum Gasteiger partial charge on any atom is 0.227 e. The van der Waals surface area contributed by atoms with Crippen LogP contribution in [0.3, 0.4) is 0 Å². The van der Waals surface area contributed by atoms with Crippen LogP contribution in [0.2, 0.25) is 0 Å². The van der Waals surface area contributed by atoms with Crippen LogP contribution in [0.1, 0.15) is 54.4 Å². The van der Waals surface area contributed by atoms with Crippen LogP contribution in [0.15, 0.2) is 0 Å². The summed E-state index contributed by atoms with van der Waals surface area (Å²) in [6, 6.07) is 0.366. The average molecular weight is 285 g/mol. The second-order valence-electron chi connectivity index (χ2n) is 7.16. The van der Waals surface area contributed by atoms with Crippen molar-refractivity contribution in [1.82, 2.24) is 10.2 Å². The average Bonchev–Trinajstić information content (AvgIpc) is 2.32. The summed E-state index contributed by atoms with van der Waals surface area (Å²) in [6.07, 6.45) is 2.25. The van der Waals surface area contributed by atoms with E-state index in [9.17, 15) is 4.79 Å². The SMILES string of the molecule is CCC(CC)C(CNC(=O)C(C)(C)C(C)(C)N)N(C)C. The summed E-state index contributed by atoms with van der Waals surface area (Å²) in [5.41, 5.74) is 4.99. The van der Waals surface area contributed by atoms with Crippen molar-refractivity contribution in [2.75, 3.05) is 20.6 Å². The Morgan fingerprint density at radius 1 is 1.15 bits per heavy atom. The number of nitrogens with two attached hydrogens (primary N) is 1. The molecule has 0 bridgehead atoms. The molecule has 0 aliphatic carbocycles. The van der Waals surface area contributed by atoms with E-state index in [2.05, 4.69) is 38.2 Å². The summed E-state index contributed by atoms with van der Waals surface area (Å²) in [5, 5.41) is 3.10. The predicted octanol–water partition coefficient (Wildman–Crippen LogP) is 2.23. The van der Waals surface area contributed by atoms with Crippen LogP contribution < -0.4 is 11.1 Å². The largest absolute Gasteiger partial charge is 0.354 e. The van der Waals surface area contributed by atoms with Gasteiger partial charge < -0.3 is 16.0 Å². The van der Waals surface area contributed by atoms with Crippen LogP contribution in [0, 0.1) is 11.3 Å². The molecule has 0 aromatic rings. The normalized spacial score (nSPS) is 14.8. The zero-order valence-electron chi connectivity index (χ0n) is 14.7. The molecule has 1 atom stereocenters. The lowest BCUT2D eigenvalue weighted by atomic mass is 9.74. The first-order valence-electron chi connectivity index (χ1n) is 7.72. The van der Waals surface area contributed by atoms with E-state index in [1.54, 1.807) is 0 Å². The van der Waals surface area contributed by atoms with Gasteiger partial charge in [-0.2, -0.15) is 0 Å². The van der Waals surface area contributed by atoms with E-state index in [0.29, 0.717) is 18.5 Å². The van der Waals surface area contributed by atoms with E-state index in [4.69, 9.17) is 5.73 Å². The lowest BCUT2D eigenvalue weighted by Gasteiger charge is -2.38. The summed E-state index contributed by atoms with van der Waals surface area (Å²) in [6.45, 7) is 12.7. The molecule has 0 aliphatic heterocycles. The summed E-state index contributed by atoms with van der Waals surface area (Å²) >= 11 is 0. The Morgan fingerprint density at radius 3 is 1.90 bits per heavy atom. The van der Waals surface area contributed by atoms with Crippen LogP contribution >= 0.6 is 0 Å². The molecule has 0 saturated heterocycles. The molecule has 0 spiro atoms. The van der Waals surface area contributed by atoms with E-state index in [-0.39, 0.29) is 5.91 Å². The zero-order chi connectivity index (χ0) is 16.1. The van der Waals surface area contributed by atoms with Gasteiger partial charge in [0.15, 0.2) is 0 Å². The molecule has 0 rings (SSSR count). The van der Waals surface area contributed by atoms with Crippen LogP contribution in [-0.4, -0.2) is 43.0 Å². The third-order valence-corrected chi connectivity index (χ3v) is 4.91. The first kappa shape index (κ1) is 19.4. The number of amides is 1. The third-order valence-electron chi connectivity index (χ3n) is 4.91. The maximum atomic E-state index is 12.4. The maximum absolute atomic E-state index is 12.4. The van der Waals surface area contributed by atoms with Gasteiger partial charge in [0.25, 0.3) is 0 Å². The minimum absolute atomic E-state index is 0.0304. The minimum Gasteiger partial charge on any atom is -0.354 e. The van der Waals surface area contributed by atoms with E-state index in [0.717, 1.165) is 12.8 Å². The number of carbonyl (C=O) groups excluding carboxylic acids is 1. The van der Waals surface area contributed by atoms with Gasteiger partial charge in [0.2, 0.25) is 5.91 Å². The smallest absolute Gasteiger partial charge is 0.227 e. The summed E-state index contributed by atoms with van der Waals surface area (Å²) in [5.74, 6) is 0.627. The van der Waals surface area contributed by atoms with Gasteiger partial charge in [-0.1, -0.05) is 26.7 Å². The summed E-state index contributed by atoms with van der Waals surface area (Å²) in [7, 11) is 4.15. The van der Waals surface area contributed by atoms with Gasteiger partial charge in [0.05, 0.1) is 5.41 Å². The number of nitrogens with one attached hydrogen (secondary N) is 1. The van der Waals surface area contributed by atoms with Gasteiger partial charge in [-0.25, -0.2) is 0 Å². The number of rotatable bonds is 8. The van der Waals surface area contributed by atoms with Gasteiger partial charge in [0.1, 0.15) is 0 Å². The first-order chi connectivity index (χ1) is 8.98. The highest BCUT2D eigenvalue weighted by molar-refractivity contribution is 5.83. The third kappa shape index (κ3) is 4.74. The molecule has 0 fully saturated rings. The monoisotopic (exact) mass is 285 g/mol. The minimum atomic E-state index is -0.586. The molecule has 0 radical (unpaired) electrons. The molecule has 120 valence electrons. The van der Waals surface area contributed by atoms with Gasteiger partial charge in [0, 0.05) is 18.1 Å². The number of nitrogens with zero attached hydrogens (tertiary/aromatic N) is 1. The molecule has 0 aliphatic rings. The first-order valence-corrected chi connectivity index (χ1v) is 7.72. The molecule has 20 heavy (non-hydrogen) atoms. The standard InChI is InChI=1S/C16H35N3O/c1-9-12(10-2)13(19(7)8)11-18-14(20)15(3,4)16(5,6)17/h12-13H,9-11,17H2,1-8H3,(H,18,20). The highest BCUT2D eigenvalue weighted by Gasteiger charge is 2.40. The fourth-order valence-electron chi connectivity index (χ4n) is 2.31. The molecule has 0 aromatic heterocycles. The van der Waals surface area contributed by atoms with Gasteiger partial charge in [-0.05, 0) is 47.7 Å². The Balaban J connectivity index is 4.77. The Kier molecular flexibility index (Phi) is 7.19. The topological polar surface area (TPSA) is 58.4 Å². The molecule has 1 unspecified atom stereocenters. The fourth-order valence-corrected chi connectivity index (χ4v) is 2.31. The molecule has 0 aromatic carbocycles. The fraction of sp³-hybridized carbons (Fsp3) is 0.938. The Bertz CT molecular complexity index is 301. The van der Waals surface area contributed by atoms with E-state index in [1.165, 1.54) is 0 Å². The summed E-state index contributed by atoms with van der Waals surface area (Å²) < 4.78 is 0. The Labute approximate surface area is 125 Å². The van der Waals surface area contributed by atoms with Crippen molar-refractivity contribution in [2.45, 2.75) is 66.0 Å². The van der Waals surface area contributed by atoms with E-state index in [1.807, 2.05) is 27.7 Å². The number of likely N-dealkylation sites (N-methyl/N-ethyl adjacent to an activating group) is 1. The second-order valence-corrected chi connectivity index (χ2v) is 7.16. The van der Waals surface area contributed by atoms with Crippen LogP contribution in [-0.2, 0) is 4.79 Å². The number of carbonyl (C=O) groups is 1. The number of hydrogen-bond donors (Lipinski definition) is 2. The van der Waals surface area contributed by atoms with Gasteiger partial charge in [-0.15, -0.1) is 0 Å². The van der Waals surface area contributed by atoms with Crippen molar-refractivity contribution in [3.63, 3.8) is 0 Å². The Morgan fingerprint density at radius 2 is 1.60 bits per heavy atom. The molecule has 1 amide bonds. The van der Waals surface area contributed by atoms with Crippen LogP contribution in [0.25, 0.3) is 0 Å². The molecule has 4 nitrogen and oxygen atoms in total. The van der Waals surface area contributed by atoms with Crippen LogP contribution in [0.5, 0.6) is 0 Å². The highest BCUT2D eigenvalue weighted by Crippen LogP contribution is 2.28. The van der Waals surface area contributed by atoms with Crippen molar-refractivity contribution in [1.29, 1.82) is 0 Å². The van der Waals surface area contributed by atoms with Gasteiger partial charge in [-0.3, -0.25) is 4.79 Å². The van der Waals surface area contributed by atoms with Gasteiger partial charge >= 0.3 is 0 Å². The molecule has 4 heteroatoms. The molecular formula is C16H35N3O. The van der Waals surface area contributed by atoms with Crippen molar-refractivity contribution in [2.24, 2.45) is 17.1 Å². The number of hydrogen-bond acceptors (Lipinski definition) is 3. The lowest BCUT2D eigenvalue weighted by Crippen LogP contribution is -2.57. The van der Waals surface area contributed by atoms with E-state index < -0.39 is 11.0 Å². The molecular weight excluding hydrogens is 250 g/mol. The molecule has 0 saturated carbocycles. The molecule has 3 N–H and O–H groups in total. The van der Waals surface area contributed by atoms with Crippen molar-refractivity contribution >= 4 is 5.91 Å². The predicted molar refractivity (Wildman–Crippen MR) is 86.6 cm³/mol. The quantitative estimate of drug-likeness (QED) is 0.719. The Hall–Kier alpha value is -0.610. The second kappa shape index (κ2) is 7.41. The van der Waals surface area contributed by atoms with E-state index >= 15 is 0 Å². The highest BCUT2D eigenvalue weighted by atomic mass is 16.2.